The molecule has 33 heavy (non-hydrogen) atoms. The molecule has 1 aromatic carbocycles. The highest BCUT2D eigenvalue weighted by Gasteiger charge is 2.27. The minimum Gasteiger partial charge on any atom is -0.506 e. The summed E-state index contributed by atoms with van der Waals surface area (Å²) in [5.41, 5.74) is 1.07. The molecule has 0 aliphatic carbocycles. The summed E-state index contributed by atoms with van der Waals surface area (Å²) in [6, 6.07) is 6.52. The van der Waals surface area contributed by atoms with Gasteiger partial charge in [-0.2, -0.15) is 4.98 Å². The number of aliphatic hydroxyl groups excluding tert-OH is 1. The van der Waals surface area contributed by atoms with E-state index in [9.17, 15) is 15.0 Å². The first kappa shape index (κ1) is 22.7. The molecule has 0 bridgehead atoms. The van der Waals surface area contributed by atoms with Gasteiger partial charge in [-0.05, 0) is 36.6 Å². The van der Waals surface area contributed by atoms with Crippen LogP contribution in [0.1, 0.15) is 34.6 Å². The monoisotopic (exact) mass is 469 g/mol. The summed E-state index contributed by atoms with van der Waals surface area (Å²) < 4.78 is 0. The van der Waals surface area contributed by atoms with Crippen molar-refractivity contribution >= 4 is 29.3 Å². The Kier molecular flexibility index (Phi) is 7.16. The Hall–Kier alpha value is -3.50. The van der Waals surface area contributed by atoms with Gasteiger partial charge in [-0.15, -0.1) is 0 Å². The van der Waals surface area contributed by atoms with Gasteiger partial charge >= 0.3 is 0 Å². The number of carbonyl (C=O) groups is 1. The molecule has 172 valence electrons. The Morgan fingerprint density at radius 1 is 1.21 bits per heavy atom. The molecule has 4 rings (SSSR count). The van der Waals surface area contributed by atoms with Crippen molar-refractivity contribution in [2.24, 2.45) is 0 Å². The molecule has 1 aliphatic rings. The Labute approximate surface area is 195 Å². The summed E-state index contributed by atoms with van der Waals surface area (Å²) in [7, 11) is 0. The molecular formula is C22H24ClN7O3. The molecule has 11 heteroatoms. The second-order valence-electron chi connectivity index (χ2n) is 7.59. The topological polar surface area (TPSA) is 136 Å². The van der Waals surface area contributed by atoms with E-state index in [0.29, 0.717) is 24.1 Å². The zero-order chi connectivity index (χ0) is 23.2. The molecule has 10 nitrogen and oxygen atoms in total. The number of aromatic hydroxyl groups is 1. The number of hydrogen-bond donors (Lipinski definition) is 4. The highest BCUT2D eigenvalue weighted by molar-refractivity contribution is 6.32. The van der Waals surface area contributed by atoms with Gasteiger partial charge in [-0.1, -0.05) is 17.7 Å². The van der Waals surface area contributed by atoms with Crippen molar-refractivity contribution in [3.8, 4) is 5.75 Å². The van der Waals surface area contributed by atoms with E-state index in [1.165, 1.54) is 12.3 Å². The third-order valence-electron chi connectivity index (χ3n) is 5.36. The van der Waals surface area contributed by atoms with Gasteiger partial charge in [0.2, 0.25) is 5.95 Å². The lowest BCUT2D eigenvalue weighted by molar-refractivity contribution is 0.0950. The number of halogens is 1. The zero-order valence-electron chi connectivity index (χ0n) is 17.8. The molecule has 0 saturated carbocycles. The number of amides is 1. The number of rotatable bonds is 8. The number of phenols is 1. The van der Waals surface area contributed by atoms with Crippen molar-refractivity contribution in [3.05, 3.63) is 64.8 Å². The third kappa shape index (κ3) is 5.47. The maximum absolute atomic E-state index is 12.9. The average Bonchev–Trinajstić information content (AvgIpc) is 3.33. The van der Waals surface area contributed by atoms with E-state index in [-0.39, 0.29) is 41.4 Å². The molecular weight excluding hydrogens is 446 g/mol. The second kappa shape index (κ2) is 10.4. The predicted molar refractivity (Wildman–Crippen MR) is 123 cm³/mol. The smallest absolute Gasteiger partial charge is 0.256 e. The maximum Gasteiger partial charge on any atom is 0.256 e. The van der Waals surface area contributed by atoms with Crippen LogP contribution in [0.4, 0.5) is 11.8 Å². The molecule has 0 radical (unpaired) electrons. The van der Waals surface area contributed by atoms with Crippen LogP contribution in [0, 0.1) is 0 Å². The standard InChI is InChI=1S/C22H24ClN7O3/c23-17-9-14(4-5-18(17)32)10-26-20-16(21(33)27-12-19-24-6-2-7-25-19)11-28-22(29-20)30-8-1-3-15(30)13-31/h2,4-7,9,11,15,31-32H,1,3,8,10,12-13H2,(H,27,33)(H,26,28,29)/t15-/m1/s1. The molecule has 1 amide bonds. The molecule has 4 N–H and O–H groups in total. The van der Waals surface area contributed by atoms with Crippen molar-refractivity contribution in [1.29, 1.82) is 0 Å². The first-order valence-electron chi connectivity index (χ1n) is 10.5. The van der Waals surface area contributed by atoms with E-state index in [1.807, 2.05) is 4.90 Å². The number of nitrogens with zero attached hydrogens (tertiary/aromatic N) is 5. The lowest BCUT2D eigenvalue weighted by Gasteiger charge is -2.24. The molecule has 1 aliphatic heterocycles. The summed E-state index contributed by atoms with van der Waals surface area (Å²) in [6.07, 6.45) is 6.48. The van der Waals surface area contributed by atoms with Gasteiger partial charge in [0, 0.05) is 31.7 Å². The quantitative estimate of drug-likeness (QED) is 0.391. The van der Waals surface area contributed by atoms with E-state index in [1.54, 1.807) is 30.6 Å². The number of benzene rings is 1. The lowest BCUT2D eigenvalue weighted by Crippen LogP contribution is -2.34. The third-order valence-corrected chi connectivity index (χ3v) is 5.67. The van der Waals surface area contributed by atoms with Gasteiger partial charge in [0.1, 0.15) is 23.0 Å². The van der Waals surface area contributed by atoms with Crippen molar-refractivity contribution in [1.82, 2.24) is 25.3 Å². The van der Waals surface area contributed by atoms with Crippen LogP contribution in [0.2, 0.25) is 5.02 Å². The van der Waals surface area contributed by atoms with Gasteiger partial charge in [-0.25, -0.2) is 15.0 Å². The summed E-state index contributed by atoms with van der Waals surface area (Å²) in [5.74, 6) is 0.900. The van der Waals surface area contributed by atoms with Crippen LogP contribution in [0.3, 0.4) is 0 Å². The fourth-order valence-electron chi connectivity index (χ4n) is 3.62. The normalized spacial score (nSPS) is 15.5. The van der Waals surface area contributed by atoms with Crippen LogP contribution >= 0.6 is 11.6 Å². The van der Waals surface area contributed by atoms with Crippen molar-refractivity contribution in [3.63, 3.8) is 0 Å². The van der Waals surface area contributed by atoms with Crippen LogP contribution in [0.25, 0.3) is 0 Å². The van der Waals surface area contributed by atoms with Gasteiger partial charge in [-0.3, -0.25) is 4.79 Å². The minimum atomic E-state index is -0.375. The summed E-state index contributed by atoms with van der Waals surface area (Å²) in [5, 5.41) is 25.5. The highest BCUT2D eigenvalue weighted by Crippen LogP contribution is 2.26. The number of hydrogen-bond acceptors (Lipinski definition) is 9. The second-order valence-corrected chi connectivity index (χ2v) is 8.00. The number of anilines is 2. The number of nitrogens with one attached hydrogen (secondary N) is 2. The molecule has 3 heterocycles. The van der Waals surface area contributed by atoms with Crippen LogP contribution in [-0.2, 0) is 13.1 Å². The summed E-state index contributed by atoms with van der Waals surface area (Å²) in [4.78, 5) is 32.1. The highest BCUT2D eigenvalue weighted by atomic mass is 35.5. The maximum atomic E-state index is 12.9. The number of carbonyl (C=O) groups excluding carboxylic acids is 1. The first-order chi connectivity index (χ1) is 16.0. The molecule has 2 aromatic heterocycles. The Morgan fingerprint density at radius 2 is 2.03 bits per heavy atom. The molecule has 0 spiro atoms. The molecule has 1 atom stereocenters. The van der Waals surface area contributed by atoms with E-state index >= 15 is 0 Å². The average molecular weight is 470 g/mol. The van der Waals surface area contributed by atoms with Gasteiger partial charge in [0.05, 0.1) is 24.2 Å². The van der Waals surface area contributed by atoms with E-state index in [4.69, 9.17) is 11.6 Å². The van der Waals surface area contributed by atoms with Crippen LogP contribution in [-0.4, -0.2) is 55.2 Å². The van der Waals surface area contributed by atoms with Crippen LogP contribution in [0.15, 0.2) is 42.9 Å². The largest absolute Gasteiger partial charge is 0.506 e. The summed E-state index contributed by atoms with van der Waals surface area (Å²) in [6.45, 7) is 1.22. The van der Waals surface area contributed by atoms with Gasteiger partial charge in [0.15, 0.2) is 0 Å². The first-order valence-corrected chi connectivity index (χ1v) is 10.9. The number of aromatic nitrogens is 4. The van der Waals surface area contributed by atoms with Crippen molar-refractivity contribution < 1.29 is 15.0 Å². The van der Waals surface area contributed by atoms with Crippen molar-refractivity contribution in [2.75, 3.05) is 23.4 Å². The molecule has 0 unspecified atom stereocenters. The molecule has 1 fully saturated rings. The molecule has 1 saturated heterocycles. The SMILES string of the molecule is O=C(NCc1ncccn1)c1cnc(N2CCC[C@@H]2CO)nc1NCc1ccc(O)c(Cl)c1. The van der Waals surface area contributed by atoms with Gasteiger partial charge in [0.25, 0.3) is 5.91 Å². The van der Waals surface area contributed by atoms with Gasteiger partial charge < -0.3 is 25.7 Å². The number of aliphatic hydroxyl groups is 1. The minimum absolute atomic E-state index is 0.00276. The zero-order valence-corrected chi connectivity index (χ0v) is 18.5. The lowest BCUT2D eigenvalue weighted by atomic mass is 10.2. The predicted octanol–water partition coefficient (Wildman–Crippen LogP) is 2.13. The summed E-state index contributed by atoms with van der Waals surface area (Å²) >= 11 is 6.01. The Morgan fingerprint density at radius 3 is 2.79 bits per heavy atom. The van der Waals surface area contributed by atoms with Crippen molar-refractivity contribution in [2.45, 2.75) is 32.0 Å². The van der Waals surface area contributed by atoms with E-state index < -0.39 is 0 Å². The number of phenolic OH excluding ortho intramolecular Hbond substituents is 1. The fourth-order valence-corrected chi connectivity index (χ4v) is 3.83. The fraction of sp³-hybridized carbons (Fsp3) is 0.318. The molecule has 3 aromatic rings. The van der Waals surface area contributed by atoms with Crippen LogP contribution in [0.5, 0.6) is 5.75 Å². The van der Waals surface area contributed by atoms with Crippen LogP contribution < -0.4 is 15.5 Å². The van der Waals surface area contributed by atoms with E-state index in [0.717, 1.165) is 24.9 Å². The Bertz CT molecular complexity index is 1120. The Balaban J connectivity index is 1.57. The van der Waals surface area contributed by atoms with E-state index in [2.05, 4.69) is 30.6 Å².